The van der Waals surface area contributed by atoms with Gasteiger partial charge in [0.25, 0.3) is 5.56 Å². The number of pyridine rings is 2. The second kappa shape index (κ2) is 8.79. The predicted molar refractivity (Wildman–Crippen MR) is 122 cm³/mol. The Hall–Kier alpha value is -2.51. The van der Waals surface area contributed by atoms with Crippen molar-refractivity contribution >= 4 is 5.91 Å². The normalized spacial score (nSPS) is 27.4. The van der Waals surface area contributed by atoms with E-state index in [2.05, 4.69) is 22.1 Å². The molecule has 4 atom stereocenters. The number of nitrogens with one attached hydrogen (secondary N) is 1. The number of carbonyl (C=O) groups excluding carboxylic acids is 1. The molecule has 0 radical (unpaired) electrons. The summed E-state index contributed by atoms with van der Waals surface area (Å²) in [4.78, 5) is 33.5. The van der Waals surface area contributed by atoms with Crippen molar-refractivity contribution < 1.29 is 9.90 Å². The number of hydrogen-bond donors (Lipinski definition) is 2. The molecule has 2 bridgehead atoms. The van der Waals surface area contributed by atoms with Crippen molar-refractivity contribution in [2.45, 2.75) is 63.7 Å². The van der Waals surface area contributed by atoms with Crippen molar-refractivity contribution in [3.8, 4) is 11.1 Å². The summed E-state index contributed by atoms with van der Waals surface area (Å²) in [6.45, 7) is 3.42. The summed E-state index contributed by atoms with van der Waals surface area (Å²) < 4.78 is 1.84. The summed E-state index contributed by atoms with van der Waals surface area (Å²) >= 11 is 0. The van der Waals surface area contributed by atoms with Gasteiger partial charge >= 0.3 is 0 Å². The van der Waals surface area contributed by atoms with E-state index in [-0.39, 0.29) is 48.0 Å². The molecule has 2 aromatic rings. The first-order chi connectivity index (χ1) is 15.6. The standard InChI is InChI=1S/C25H32N4O3/c1-2-12-28-21-14-29-20(10-9-18(25(29)32)16-6-5-11-26-13-16)23(28)22(19(21)15-30)24(31)27-17-7-3-4-8-17/h5-6,9-11,13,17,19,21-23,30H,2-4,7-8,12,14-15H2,1H3,(H,27,31)/t19-,21-,22+,23+/m0/s1. The zero-order valence-electron chi connectivity index (χ0n) is 18.6. The van der Waals surface area contributed by atoms with E-state index in [0.717, 1.165) is 49.9 Å². The first kappa shape index (κ1) is 21.3. The molecule has 3 aliphatic rings. The van der Waals surface area contributed by atoms with E-state index >= 15 is 0 Å². The maximum absolute atomic E-state index is 13.5. The van der Waals surface area contributed by atoms with Crippen LogP contribution in [0.5, 0.6) is 0 Å². The van der Waals surface area contributed by atoms with Crippen molar-refractivity contribution in [3.63, 3.8) is 0 Å². The van der Waals surface area contributed by atoms with Crippen molar-refractivity contribution in [1.82, 2.24) is 19.8 Å². The molecule has 4 heterocycles. The average Bonchev–Trinajstić information content (AvgIpc) is 3.38. The number of aromatic nitrogens is 2. The van der Waals surface area contributed by atoms with Gasteiger partial charge in [0.05, 0.1) is 12.0 Å². The smallest absolute Gasteiger partial charge is 0.258 e. The summed E-state index contributed by atoms with van der Waals surface area (Å²) in [5.41, 5.74) is 2.26. The largest absolute Gasteiger partial charge is 0.396 e. The van der Waals surface area contributed by atoms with E-state index < -0.39 is 0 Å². The third-order valence-electron chi connectivity index (χ3n) is 7.63. The molecule has 2 N–H and O–H groups in total. The highest BCUT2D eigenvalue weighted by Gasteiger charge is 2.55. The molecule has 2 aliphatic heterocycles. The Bertz CT molecular complexity index is 1030. The highest BCUT2D eigenvalue weighted by molar-refractivity contribution is 5.81. The van der Waals surface area contributed by atoms with Crippen LogP contribution in [0.3, 0.4) is 0 Å². The van der Waals surface area contributed by atoms with Gasteiger partial charge in [0, 0.05) is 60.4 Å². The van der Waals surface area contributed by atoms with E-state index in [9.17, 15) is 14.7 Å². The minimum absolute atomic E-state index is 0.0290. The molecule has 7 heteroatoms. The highest BCUT2D eigenvalue weighted by Crippen LogP contribution is 2.48. The van der Waals surface area contributed by atoms with E-state index in [0.29, 0.717) is 12.1 Å². The van der Waals surface area contributed by atoms with Crippen LogP contribution >= 0.6 is 0 Å². The molecule has 1 saturated carbocycles. The Balaban J connectivity index is 1.56. The molecule has 2 fully saturated rings. The molecular formula is C25H32N4O3. The zero-order valence-corrected chi connectivity index (χ0v) is 18.6. The van der Waals surface area contributed by atoms with Crippen LogP contribution in [-0.4, -0.2) is 50.7 Å². The van der Waals surface area contributed by atoms with Gasteiger partial charge in [-0.15, -0.1) is 0 Å². The van der Waals surface area contributed by atoms with Gasteiger partial charge in [-0.05, 0) is 44.0 Å². The number of carbonyl (C=O) groups is 1. The van der Waals surface area contributed by atoms with Gasteiger partial charge in [-0.2, -0.15) is 0 Å². The van der Waals surface area contributed by atoms with Crippen LogP contribution in [0.1, 0.15) is 50.8 Å². The SMILES string of the molecule is CCCN1[C@@H]2c3ccc(-c4cccnc4)c(=O)n3C[C@H]1[C@H](CO)[C@H]2C(=O)NC1CCCC1. The van der Waals surface area contributed by atoms with Gasteiger partial charge in [0.1, 0.15) is 0 Å². The first-order valence-corrected chi connectivity index (χ1v) is 11.9. The Morgan fingerprint density at radius 3 is 2.75 bits per heavy atom. The second-order valence-electron chi connectivity index (χ2n) is 9.44. The van der Waals surface area contributed by atoms with Crippen molar-refractivity contribution in [1.29, 1.82) is 0 Å². The molecule has 0 aromatic carbocycles. The van der Waals surface area contributed by atoms with Gasteiger partial charge in [-0.25, -0.2) is 0 Å². The average molecular weight is 437 g/mol. The van der Waals surface area contributed by atoms with E-state index in [1.807, 2.05) is 28.8 Å². The van der Waals surface area contributed by atoms with Crippen LogP contribution in [-0.2, 0) is 11.3 Å². The molecule has 0 spiro atoms. The monoisotopic (exact) mass is 436 g/mol. The third kappa shape index (κ3) is 3.48. The number of aliphatic hydroxyl groups excluding tert-OH is 1. The summed E-state index contributed by atoms with van der Waals surface area (Å²) in [5, 5.41) is 13.6. The van der Waals surface area contributed by atoms with E-state index in [1.54, 1.807) is 12.4 Å². The molecule has 1 aliphatic carbocycles. The Morgan fingerprint density at radius 2 is 2.06 bits per heavy atom. The fourth-order valence-corrected chi connectivity index (χ4v) is 6.20. The number of hydrogen-bond acceptors (Lipinski definition) is 5. The van der Waals surface area contributed by atoms with Crippen LogP contribution in [0.2, 0.25) is 0 Å². The second-order valence-corrected chi connectivity index (χ2v) is 9.44. The molecule has 1 saturated heterocycles. The topological polar surface area (TPSA) is 87.5 Å². The molecule has 32 heavy (non-hydrogen) atoms. The lowest BCUT2D eigenvalue weighted by Gasteiger charge is -2.38. The quantitative estimate of drug-likeness (QED) is 0.726. The minimum Gasteiger partial charge on any atom is -0.396 e. The summed E-state index contributed by atoms with van der Waals surface area (Å²) in [6.07, 6.45) is 8.73. The van der Waals surface area contributed by atoms with Gasteiger partial charge in [-0.1, -0.05) is 25.8 Å². The number of amides is 1. The maximum Gasteiger partial charge on any atom is 0.258 e. The number of nitrogens with zero attached hydrogens (tertiary/aromatic N) is 3. The summed E-state index contributed by atoms with van der Waals surface area (Å²) in [6, 6.07) is 7.61. The fraction of sp³-hybridized carbons (Fsp3) is 0.560. The fourth-order valence-electron chi connectivity index (χ4n) is 6.20. The Kier molecular flexibility index (Phi) is 5.86. The maximum atomic E-state index is 13.5. The third-order valence-corrected chi connectivity index (χ3v) is 7.63. The molecule has 0 unspecified atom stereocenters. The summed E-state index contributed by atoms with van der Waals surface area (Å²) in [5.74, 6) is -0.509. The van der Waals surface area contributed by atoms with Gasteiger partial charge < -0.3 is 15.0 Å². The first-order valence-electron chi connectivity index (χ1n) is 11.9. The molecule has 7 nitrogen and oxygen atoms in total. The van der Waals surface area contributed by atoms with Crippen LogP contribution < -0.4 is 10.9 Å². The highest BCUT2D eigenvalue weighted by atomic mass is 16.3. The van der Waals surface area contributed by atoms with E-state index in [1.165, 1.54) is 0 Å². The van der Waals surface area contributed by atoms with Crippen molar-refractivity contribution in [2.75, 3.05) is 13.2 Å². The van der Waals surface area contributed by atoms with Crippen LogP contribution in [0.4, 0.5) is 0 Å². The lowest BCUT2D eigenvalue weighted by atomic mass is 9.86. The lowest BCUT2D eigenvalue weighted by Crippen LogP contribution is -2.47. The molecular weight excluding hydrogens is 404 g/mol. The minimum atomic E-state index is -0.352. The van der Waals surface area contributed by atoms with Gasteiger partial charge in [0.15, 0.2) is 0 Å². The lowest BCUT2D eigenvalue weighted by molar-refractivity contribution is -0.128. The number of fused-ring (bicyclic) bond motifs is 4. The number of rotatable bonds is 6. The van der Waals surface area contributed by atoms with Crippen molar-refractivity contribution in [3.05, 3.63) is 52.7 Å². The molecule has 170 valence electrons. The van der Waals surface area contributed by atoms with Crippen LogP contribution in [0.15, 0.2) is 41.5 Å². The molecule has 5 rings (SSSR count). The Labute approximate surface area is 188 Å². The molecule has 1 amide bonds. The van der Waals surface area contributed by atoms with E-state index in [4.69, 9.17) is 0 Å². The zero-order chi connectivity index (χ0) is 22.2. The van der Waals surface area contributed by atoms with Crippen LogP contribution in [0.25, 0.3) is 11.1 Å². The van der Waals surface area contributed by atoms with Crippen molar-refractivity contribution in [2.24, 2.45) is 11.8 Å². The van der Waals surface area contributed by atoms with Crippen LogP contribution in [0, 0.1) is 11.8 Å². The Morgan fingerprint density at radius 1 is 1.25 bits per heavy atom. The molecule has 2 aromatic heterocycles. The van der Waals surface area contributed by atoms with Gasteiger partial charge in [0.2, 0.25) is 5.91 Å². The predicted octanol–water partition coefficient (Wildman–Crippen LogP) is 2.34. The summed E-state index contributed by atoms with van der Waals surface area (Å²) in [7, 11) is 0. The number of aliphatic hydroxyl groups is 1. The van der Waals surface area contributed by atoms with Gasteiger partial charge in [-0.3, -0.25) is 19.5 Å².